The largest absolute Gasteiger partial charge is 0.493 e. The summed E-state index contributed by atoms with van der Waals surface area (Å²) in [5.41, 5.74) is 5.67. The number of carbonyl (C=O) groups is 1. The Kier molecular flexibility index (Phi) is 3.98. The lowest BCUT2D eigenvalue weighted by Gasteiger charge is -2.10. The lowest BCUT2D eigenvalue weighted by atomic mass is 10.2. The van der Waals surface area contributed by atoms with Crippen LogP contribution in [0.3, 0.4) is 0 Å². The molecule has 0 radical (unpaired) electrons. The van der Waals surface area contributed by atoms with E-state index < -0.39 is 5.91 Å². The van der Waals surface area contributed by atoms with E-state index in [0.29, 0.717) is 24.0 Å². The van der Waals surface area contributed by atoms with Gasteiger partial charge in [-0.05, 0) is 31.0 Å². The minimum absolute atomic E-state index is 0.328. The quantitative estimate of drug-likeness (QED) is 0.845. The first-order valence-corrected chi connectivity index (χ1v) is 5.90. The Morgan fingerprint density at radius 1 is 1.53 bits per heavy atom. The van der Waals surface area contributed by atoms with Crippen LogP contribution in [-0.2, 0) is 4.74 Å². The van der Waals surface area contributed by atoms with E-state index >= 15 is 0 Å². The van der Waals surface area contributed by atoms with Gasteiger partial charge >= 0.3 is 0 Å². The van der Waals surface area contributed by atoms with Gasteiger partial charge in [0.2, 0.25) is 5.91 Å². The van der Waals surface area contributed by atoms with E-state index in [1.165, 1.54) is 0 Å². The van der Waals surface area contributed by atoms with Gasteiger partial charge in [-0.2, -0.15) is 0 Å². The Morgan fingerprint density at radius 3 is 3.12 bits per heavy atom. The standard InChI is InChI=1S/C13H17NO3/c14-13(15)10-3-1-4-12(9-10)17-8-6-11-5-2-7-16-11/h1,3-4,9,11H,2,5-8H2,(H2,14,15). The average Bonchev–Trinajstić information content (AvgIpc) is 2.82. The van der Waals surface area contributed by atoms with Crippen LogP contribution < -0.4 is 10.5 Å². The molecule has 1 unspecified atom stereocenters. The maximum Gasteiger partial charge on any atom is 0.248 e. The zero-order valence-corrected chi connectivity index (χ0v) is 9.72. The Labute approximate surface area is 101 Å². The molecule has 1 aromatic carbocycles. The van der Waals surface area contributed by atoms with Gasteiger partial charge in [0.1, 0.15) is 5.75 Å². The lowest BCUT2D eigenvalue weighted by Crippen LogP contribution is -2.12. The van der Waals surface area contributed by atoms with Crippen LogP contribution in [0.25, 0.3) is 0 Å². The molecule has 1 fully saturated rings. The molecule has 1 saturated heterocycles. The number of ether oxygens (including phenoxy) is 2. The van der Waals surface area contributed by atoms with Crippen LogP contribution in [0.4, 0.5) is 0 Å². The highest BCUT2D eigenvalue weighted by Crippen LogP contribution is 2.17. The molecule has 0 bridgehead atoms. The van der Waals surface area contributed by atoms with Crippen molar-refractivity contribution in [2.24, 2.45) is 5.73 Å². The van der Waals surface area contributed by atoms with Crippen molar-refractivity contribution in [2.75, 3.05) is 13.2 Å². The molecule has 0 aromatic heterocycles. The number of amides is 1. The summed E-state index contributed by atoms with van der Waals surface area (Å²) in [4.78, 5) is 11.0. The number of hydrogen-bond donors (Lipinski definition) is 1. The third-order valence-electron chi connectivity index (χ3n) is 2.85. The van der Waals surface area contributed by atoms with Gasteiger partial charge in [-0.15, -0.1) is 0 Å². The van der Waals surface area contributed by atoms with E-state index in [1.54, 1.807) is 18.2 Å². The summed E-state index contributed by atoms with van der Waals surface area (Å²) in [7, 11) is 0. The second kappa shape index (κ2) is 5.68. The molecule has 2 rings (SSSR count). The Hall–Kier alpha value is -1.55. The Balaban J connectivity index is 1.81. The van der Waals surface area contributed by atoms with Crippen LogP contribution >= 0.6 is 0 Å². The molecule has 92 valence electrons. The smallest absolute Gasteiger partial charge is 0.248 e. The average molecular weight is 235 g/mol. The molecule has 4 nitrogen and oxygen atoms in total. The van der Waals surface area contributed by atoms with E-state index in [4.69, 9.17) is 15.2 Å². The van der Waals surface area contributed by atoms with Gasteiger partial charge in [0, 0.05) is 18.6 Å². The van der Waals surface area contributed by atoms with E-state index in [1.807, 2.05) is 6.07 Å². The highest BCUT2D eigenvalue weighted by molar-refractivity contribution is 5.93. The maximum atomic E-state index is 11.0. The minimum atomic E-state index is -0.436. The summed E-state index contributed by atoms with van der Waals surface area (Å²) < 4.78 is 11.1. The molecule has 1 amide bonds. The molecule has 1 heterocycles. The Bertz CT molecular complexity index is 386. The first kappa shape index (κ1) is 11.9. The van der Waals surface area contributed by atoms with Crippen molar-refractivity contribution in [1.29, 1.82) is 0 Å². The number of rotatable bonds is 5. The summed E-state index contributed by atoms with van der Waals surface area (Å²) in [6, 6.07) is 6.93. The third kappa shape index (κ3) is 3.46. The van der Waals surface area contributed by atoms with Gasteiger partial charge in [0.05, 0.1) is 12.7 Å². The van der Waals surface area contributed by atoms with E-state index in [0.717, 1.165) is 25.9 Å². The maximum absolute atomic E-state index is 11.0. The highest BCUT2D eigenvalue weighted by Gasteiger charge is 2.15. The summed E-state index contributed by atoms with van der Waals surface area (Å²) in [5, 5.41) is 0. The molecular weight excluding hydrogens is 218 g/mol. The predicted octanol–water partition coefficient (Wildman–Crippen LogP) is 1.73. The number of carbonyl (C=O) groups excluding carboxylic acids is 1. The Morgan fingerprint density at radius 2 is 2.41 bits per heavy atom. The molecule has 0 aliphatic carbocycles. The first-order valence-electron chi connectivity index (χ1n) is 5.90. The zero-order valence-electron chi connectivity index (χ0n) is 9.72. The fourth-order valence-electron chi connectivity index (χ4n) is 1.92. The third-order valence-corrected chi connectivity index (χ3v) is 2.85. The highest BCUT2D eigenvalue weighted by atomic mass is 16.5. The van der Waals surface area contributed by atoms with Gasteiger partial charge in [-0.1, -0.05) is 6.07 Å². The van der Waals surface area contributed by atoms with Crippen molar-refractivity contribution in [1.82, 2.24) is 0 Å². The van der Waals surface area contributed by atoms with Crippen LogP contribution in [0.1, 0.15) is 29.6 Å². The van der Waals surface area contributed by atoms with Crippen molar-refractivity contribution in [3.8, 4) is 5.75 Å². The molecule has 1 aliphatic heterocycles. The molecule has 17 heavy (non-hydrogen) atoms. The van der Waals surface area contributed by atoms with Crippen LogP contribution in [0.5, 0.6) is 5.75 Å². The number of primary amides is 1. The topological polar surface area (TPSA) is 61.6 Å². The van der Waals surface area contributed by atoms with Crippen LogP contribution in [0.2, 0.25) is 0 Å². The number of hydrogen-bond acceptors (Lipinski definition) is 3. The molecule has 1 aromatic rings. The second-order valence-electron chi connectivity index (χ2n) is 4.16. The van der Waals surface area contributed by atoms with Crippen molar-refractivity contribution in [2.45, 2.75) is 25.4 Å². The van der Waals surface area contributed by atoms with Crippen molar-refractivity contribution >= 4 is 5.91 Å². The zero-order chi connectivity index (χ0) is 12.1. The van der Waals surface area contributed by atoms with Crippen molar-refractivity contribution < 1.29 is 14.3 Å². The lowest BCUT2D eigenvalue weighted by molar-refractivity contribution is 0.0902. The monoisotopic (exact) mass is 235 g/mol. The van der Waals surface area contributed by atoms with Gasteiger partial charge in [-0.3, -0.25) is 4.79 Å². The summed E-state index contributed by atoms with van der Waals surface area (Å²) in [5.74, 6) is 0.244. The molecule has 2 N–H and O–H groups in total. The van der Waals surface area contributed by atoms with Gasteiger partial charge in [0.25, 0.3) is 0 Å². The molecule has 0 saturated carbocycles. The van der Waals surface area contributed by atoms with E-state index in [9.17, 15) is 4.79 Å². The molecule has 4 heteroatoms. The predicted molar refractivity (Wildman–Crippen MR) is 64.0 cm³/mol. The normalized spacial score (nSPS) is 19.2. The van der Waals surface area contributed by atoms with Crippen LogP contribution in [0.15, 0.2) is 24.3 Å². The van der Waals surface area contributed by atoms with Crippen molar-refractivity contribution in [3.63, 3.8) is 0 Å². The molecule has 0 spiro atoms. The number of benzene rings is 1. The van der Waals surface area contributed by atoms with E-state index in [-0.39, 0.29) is 0 Å². The summed E-state index contributed by atoms with van der Waals surface area (Å²) in [6.45, 7) is 1.47. The van der Waals surface area contributed by atoms with Crippen LogP contribution in [-0.4, -0.2) is 25.2 Å². The first-order chi connectivity index (χ1) is 8.25. The fraction of sp³-hybridized carbons (Fsp3) is 0.462. The fourth-order valence-corrected chi connectivity index (χ4v) is 1.92. The number of nitrogens with two attached hydrogens (primary N) is 1. The second-order valence-corrected chi connectivity index (χ2v) is 4.16. The van der Waals surface area contributed by atoms with Crippen molar-refractivity contribution in [3.05, 3.63) is 29.8 Å². The van der Waals surface area contributed by atoms with Gasteiger partial charge in [-0.25, -0.2) is 0 Å². The SMILES string of the molecule is NC(=O)c1cccc(OCCC2CCCO2)c1. The van der Waals surface area contributed by atoms with Gasteiger partial charge in [0.15, 0.2) is 0 Å². The van der Waals surface area contributed by atoms with E-state index in [2.05, 4.69) is 0 Å². The van der Waals surface area contributed by atoms with Gasteiger partial charge < -0.3 is 15.2 Å². The molecule has 1 aliphatic rings. The summed E-state index contributed by atoms with van der Waals surface area (Å²) >= 11 is 0. The summed E-state index contributed by atoms with van der Waals surface area (Å²) in [6.07, 6.45) is 3.47. The minimum Gasteiger partial charge on any atom is -0.493 e. The molecule has 1 atom stereocenters. The van der Waals surface area contributed by atoms with Crippen LogP contribution in [0, 0.1) is 0 Å². The molecular formula is C13H17NO3.